The van der Waals surface area contributed by atoms with Gasteiger partial charge in [0.25, 0.3) is 0 Å². The van der Waals surface area contributed by atoms with Gasteiger partial charge in [0.15, 0.2) is 0 Å². The minimum Gasteiger partial charge on any atom is -0.385 e. The van der Waals surface area contributed by atoms with Crippen molar-refractivity contribution in [2.75, 3.05) is 6.54 Å². The van der Waals surface area contributed by atoms with Gasteiger partial charge in [-0.3, -0.25) is 0 Å². The first-order valence-corrected chi connectivity index (χ1v) is 4.04. The smallest absolute Gasteiger partial charge is 0.0336 e. The van der Waals surface area contributed by atoms with E-state index in [1.54, 1.807) is 0 Å². The molecule has 1 heteroatoms. The lowest BCUT2D eigenvalue weighted by molar-refractivity contribution is 0.878. The second kappa shape index (κ2) is 7.13. The predicted octanol–water partition coefficient (Wildman–Crippen LogP) is 2.63. The molecule has 0 aromatic heterocycles. The molecule has 1 nitrogen and oxygen atoms in total. The highest BCUT2D eigenvalue weighted by Crippen LogP contribution is 1.92. The summed E-state index contributed by atoms with van der Waals surface area (Å²) in [5.74, 6) is 0. The van der Waals surface area contributed by atoms with Crippen molar-refractivity contribution in [3.63, 3.8) is 0 Å². The van der Waals surface area contributed by atoms with E-state index in [9.17, 15) is 0 Å². The van der Waals surface area contributed by atoms with Gasteiger partial charge in [0, 0.05) is 12.2 Å². The van der Waals surface area contributed by atoms with Crippen LogP contribution in [0.5, 0.6) is 0 Å². The Morgan fingerprint density at radius 3 is 2.45 bits per heavy atom. The van der Waals surface area contributed by atoms with Crippen LogP contribution in [0.25, 0.3) is 0 Å². The van der Waals surface area contributed by atoms with Crippen molar-refractivity contribution in [2.24, 2.45) is 0 Å². The zero-order chi connectivity index (χ0) is 8.53. The molecule has 0 rings (SSSR count). The van der Waals surface area contributed by atoms with E-state index in [0.717, 1.165) is 12.2 Å². The fraction of sp³-hybridized carbons (Fsp3) is 0.400. The van der Waals surface area contributed by atoms with Crippen LogP contribution in [-0.2, 0) is 0 Å². The number of allylic oxidation sites excluding steroid dienone is 5. The largest absolute Gasteiger partial charge is 0.385 e. The molecule has 0 bridgehead atoms. The van der Waals surface area contributed by atoms with Crippen molar-refractivity contribution < 1.29 is 0 Å². The third-order valence-electron chi connectivity index (χ3n) is 1.20. The Balaban J connectivity index is 4.07. The van der Waals surface area contributed by atoms with Crippen LogP contribution in [0.3, 0.4) is 0 Å². The average Bonchev–Trinajstić information content (AvgIpc) is 2.01. The standard InChI is InChI=1S/C10H17N/c1-4-7-9-10(8-5-2)11-6-3/h4-5,7-9,11H,6H2,1-3H3/b7-4-,8-5-,10-9+. The first-order valence-electron chi connectivity index (χ1n) is 4.04. The van der Waals surface area contributed by atoms with Crippen molar-refractivity contribution in [3.8, 4) is 0 Å². The van der Waals surface area contributed by atoms with Gasteiger partial charge in [-0.2, -0.15) is 0 Å². The Labute approximate surface area is 69.5 Å². The lowest BCUT2D eigenvalue weighted by Crippen LogP contribution is -2.09. The van der Waals surface area contributed by atoms with Gasteiger partial charge in [-0.05, 0) is 32.9 Å². The summed E-state index contributed by atoms with van der Waals surface area (Å²) >= 11 is 0. The molecule has 0 fully saturated rings. The van der Waals surface area contributed by atoms with Crippen LogP contribution < -0.4 is 5.32 Å². The lowest BCUT2D eigenvalue weighted by atomic mass is 10.3. The summed E-state index contributed by atoms with van der Waals surface area (Å²) in [6.45, 7) is 7.08. The summed E-state index contributed by atoms with van der Waals surface area (Å²) in [6, 6.07) is 0. The van der Waals surface area contributed by atoms with E-state index < -0.39 is 0 Å². The maximum absolute atomic E-state index is 3.24. The molecule has 0 heterocycles. The second-order valence-electron chi connectivity index (χ2n) is 2.18. The van der Waals surface area contributed by atoms with E-state index in [1.165, 1.54) is 0 Å². The normalized spacial score (nSPS) is 13.2. The number of hydrogen-bond acceptors (Lipinski definition) is 1. The zero-order valence-electron chi connectivity index (χ0n) is 7.59. The lowest BCUT2D eigenvalue weighted by Gasteiger charge is -2.01. The summed E-state index contributed by atoms with van der Waals surface area (Å²) in [7, 11) is 0. The molecule has 11 heavy (non-hydrogen) atoms. The van der Waals surface area contributed by atoms with Crippen LogP contribution >= 0.6 is 0 Å². The van der Waals surface area contributed by atoms with E-state index in [2.05, 4.69) is 24.4 Å². The maximum Gasteiger partial charge on any atom is 0.0336 e. The minimum absolute atomic E-state index is 0.966. The molecule has 0 aliphatic carbocycles. The zero-order valence-corrected chi connectivity index (χ0v) is 7.59. The van der Waals surface area contributed by atoms with Crippen LogP contribution in [0, 0.1) is 0 Å². The highest BCUT2D eigenvalue weighted by molar-refractivity contribution is 5.21. The number of hydrogen-bond donors (Lipinski definition) is 1. The molecule has 0 aromatic carbocycles. The predicted molar refractivity (Wildman–Crippen MR) is 51.4 cm³/mol. The van der Waals surface area contributed by atoms with Crippen LogP contribution in [0.2, 0.25) is 0 Å². The van der Waals surface area contributed by atoms with Gasteiger partial charge in [-0.25, -0.2) is 0 Å². The third kappa shape index (κ3) is 5.46. The van der Waals surface area contributed by atoms with E-state index in [1.807, 2.05) is 32.1 Å². The van der Waals surface area contributed by atoms with E-state index >= 15 is 0 Å². The van der Waals surface area contributed by atoms with Gasteiger partial charge in [-0.15, -0.1) is 0 Å². The van der Waals surface area contributed by atoms with E-state index in [4.69, 9.17) is 0 Å². The first kappa shape index (κ1) is 10.0. The summed E-state index contributed by atoms with van der Waals surface area (Å²) < 4.78 is 0. The first-order chi connectivity index (χ1) is 5.35. The van der Waals surface area contributed by atoms with Gasteiger partial charge in [-0.1, -0.05) is 18.2 Å². The Morgan fingerprint density at radius 1 is 1.27 bits per heavy atom. The Kier molecular flexibility index (Phi) is 6.50. The highest BCUT2D eigenvalue weighted by Gasteiger charge is 1.83. The molecule has 1 N–H and O–H groups in total. The molecule has 62 valence electrons. The molecular formula is C10H17N. The second-order valence-corrected chi connectivity index (χ2v) is 2.18. The van der Waals surface area contributed by atoms with Crippen LogP contribution in [0.1, 0.15) is 20.8 Å². The summed E-state index contributed by atoms with van der Waals surface area (Å²) in [5, 5.41) is 3.24. The molecule has 0 amide bonds. The fourth-order valence-electron chi connectivity index (χ4n) is 0.757. The van der Waals surface area contributed by atoms with Crippen molar-refractivity contribution in [2.45, 2.75) is 20.8 Å². The molecule has 0 saturated carbocycles. The summed E-state index contributed by atoms with van der Waals surface area (Å²) in [5.41, 5.74) is 1.16. The highest BCUT2D eigenvalue weighted by atomic mass is 14.9. The molecule has 0 aliphatic heterocycles. The fourth-order valence-corrected chi connectivity index (χ4v) is 0.757. The SMILES string of the molecule is C\C=C/C=C(\C=C/C)NCC. The molecule has 0 atom stereocenters. The minimum atomic E-state index is 0.966. The monoisotopic (exact) mass is 151 g/mol. The van der Waals surface area contributed by atoms with Gasteiger partial charge >= 0.3 is 0 Å². The van der Waals surface area contributed by atoms with Gasteiger partial charge < -0.3 is 5.32 Å². The summed E-state index contributed by atoms with van der Waals surface area (Å²) in [6.07, 6.45) is 10.2. The van der Waals surface area contributed by atoms with Crippen molar-refractivity contribution in [1.29, 1.82) is 0 Å². The number of nitrogens with one attached hydrogen (secondary N) is 1. The number of rotatable bonds is 4. The van der Waals surface area contributed by atoms with Crippen molar-refractivity contribution in [1.82, 2.24) is 5.32 Å². The van der Waals surface area contributed by atoms with Crippen LogP contribution in [-0.4, -0.2) is 6.54 Å². The van der Waals surface area contributed by atoms with Crippen LogP contribution in [0.4, 0.5) is 0 Å². The van der Waals surface area contributed by atoms with Gasteiger partial charge in [0.1, 0.15) is 0 Å². The van der Waals surface area contributed by atoms with E-state index in [-0.39, 0.29) is 0 Å². The molecule has 0 spiro atoms. The van der Waals surface area contributed by atoms with Crippen LogP contribution in [0.15, 0.2) is 36.1 Å². The molecule has 0 aromatic rings. The van der Waals surface area contributed by atoms with Gasteiger partial charge in [0.2, 0.25) is 0 Å². The Bertz CT molecular complexity index is 164. The maximum atomic E-state index is 3.24. The number of likely N-dealkylation sites (N-methyl/N-ethyl adjacent to an activating group) is 1. The molecule has 0 aliphatic rings. The Hall–Kier alpha value is -0.980. The average molecular weight is 151 g/mol. The molecule has 0 radical (unpaired) electrons. The topological polar surface area (TPSA) is 12.0 Å². The van der Waals surface area contributed by atoms with E-state index in [0.29, 0.717) is 0 Å². The van der Waals surface area contributed by atoms with Crippen molar-refractivity contribution in [3.05, 3.63) is 36.1 Å². The quantitative estimate of drug-likeness (QED) is 0.609. The van der Waals surface area contributed by atoms with Gasteiger partial charge in [0.05, 0.1) is 0 Å². The summed E-state index contributed by atoms with van der Waals surface area (Å²) in [4.78, 5) is 0. The molecule has 0 unspecified atom stereocenters. The molecular weight excluding hydrogens is 134 g/mol. The van der Waals surface area contributed by atoms with Crippen molar-refractivity contribution >= 4 is 0 Å². The molecule has 0 saturated heterocycles. The third-order valence-corrected chi connectivity index (χ3v) is 1.20. The Morgan fingerprint density at radius 2 is 2.00 bits per heavy atom.